The zero-order valence-corrected chi connectivity index (χ0v) is 13.4. The second-order valence-electron chi connectivity index (χ2n) is 4.95. The van der Waals surface area contributed by atoms with Gasteiger partial charge in [-0.2, -0.15) is 0 Å². The molecule has 22 heavy (non-hydrogen) atoms. The van der Waals surface area contributed by atoms with Gasteiger partial charge in [0.2, 0.25) is 5.91 Å². The summed E-state index contributed by atoms with van der Waals surface area (Å²) in [5.41, 5.74) is 7.19. The first-order valence-electron chi connectivity index (χ1n) is 6.79. The van der Waals surface area contributed by atoms with Crippen LogP contribution in [0.15, 0.2) is 53.4 Å². The normalized spacial score (nSPS) is 10.3. The van der Waals surface area contributed by atoms with Crippen LogP contribution in [0.25, 0.3) is 0 Å². The molecule has 0 aliphatic rings. The molecular weight excluding hydrogens is 296 g/mol. The van der Waals surface area contributed by atoms with Crippen molar-refractivity contribution in [3.63, 3.8) is 0 Å². The van der Waals surface area contributed by atoms with Crippen LogP contribution in [-0.4, -0.2) is 30.0 Å². The van der Waals surface area contributed by atoms with Crippen molar-refractivity contribution in [2.45, 2.75) is 11.4 Å². The van der Waals surface area contributed by atoms with Crippen LogP contribution in [0.5, 0.6) is 0 Å². The minimum absolute atomic E-state index is 0.0926. The fourth-order valence-electron chi connectivity index (χ4n) is 2.07. The maximum Gasteiger partial charge on any atom is 0.253 e. The summed E-state index contributed by atoms with van der Waals surface area (Å²) in [6, 6.07) is 14.5. The number of nitrogens with zero attached hydrogens (tertiary/aromatic N) is 1. The number of hydrogen-bond acceptors (Lipinski definition) is 3. The van der Waals surface area contributed by atoms with Gasteiger partial charge in [0.15, 0.2) is 0 Å². The van der Waals surface area contributed by atoms with E-state index in [9.17, 15) is 9.59 Å². The molecule has 0 fully saturated rings. The van der Waals surface area contributed by atoms with Gasteiger partial charge in [0, 0.05) is 29.6 Å². The van der Waals surface area contributed by atoms with Crippen molar-refractivity contribution in [1.29, 1.82) is 0 Å². The molecule has 0 unspecified atom stereocenters. The molecule has 2 N–H and O–H groups in total. The van der Waals surface area contributed by atoms with Crippen LogP contribution in [0, 0.1) is 0 Å². The number of hydrogen-bond donors (Lipinski definition) is 1. The standard InChI is InChI=1S/C17H18N2O2S/c1-19(11-12-3-9-15(22-2)10-4-12)17(21)14-7-5-13(6-8-14)16(18)20/h3-10H,11H2,1-2H3,(H2,18,20). The van der Waals surface area contributed by atoms with Crippen LogP contribution in [0.2, 0.25) is 0 Å². The number of primary amides is 1. The Balaban J connectivity index is 2.06. The molecule has 0 saturated heterocycles. The molecule has 0 aliphatic heterocycles. The van der Waals surface area contributed by atoms with Crippen LogP contribution < -0.4 is 5.73 Å². The molecule has 2 rings (SSSR count). The van der Waals surface area contributed by atoms with Crippen LogP contribution in [0.3, 0.4) is 0 Å². The molecule has 2 aromatic rings. The number of amides is 2. The van der Waals surface area contributed by atoms with Gasteiger partial charge in [-0.1, -0.05) is 12.1 Å². The smallest absolute Gasteiger partial charge is 0.253 e. The first kappa shape index (κ1) is 16.1. The number of carbonyl (C=O) groups is 2. The van der Waals surface area contributed by atoms with Crippen molar-refractivity contribution in [3.05, 3.63) is 65.2 Å². The van der Waals surface area contributed by atoms with Gasteiger partial charge < -0.3 is 10.6 Å². The number of carbonyl (C=O) groups excluding carboxylic acids is 2. The summed E-state index contributed by atoms with van der Waals surface area (Å²) in [7, 11) is 1.76. The minimum atomic E-state index is -0.499. The molecule has 5 heteroatoms. The largest absolute Gasteiger partial charge is 0.366 e. The van der Waals surface area contributed by atoms with Gasteiger partial charge in [-0.05, 0) is 48.2 Å². The van der Waals surface area contributed by atoms with Crippen LogP contribution in [0.4, 0.5) is 0 Å². The lowest BCUT2D eigenvalue weighted by Crippen LogP contribution is -2.26. The summed E-state index contributed by atoms with van der Waals surface area (Å²) in [4.78, 5) is 26.2. The molecule has 2 amide bonds. The Morgan fingerprint density at radius 2 is 1.55 bits per heavy atom. The van der Waals surface area contributed by atoms with Gasteiger partial charge in [-0.3, -0.25) is 9.59 Å². The SMILES string of the molecule is CSc1ccc(CN(C)C(=O)c2ccc(C(N)=O)cc2)cc1. The average Bonchev–Trinajstić information content (AvgIpc) is 2.55. The van der Waals surface area contributed by atoms with Crippen LogP contribution in [0.1, 0.15) is 26.3 Å². The molecule has 4 nitrogen and oxygen atoms in total. The first-order chi connectivity index (χ1) is 10.5. The predicted molar refractivity (Wildman–Crippen MR) is 89.0 cm³/mol. The van der Waals surface area contributed by atoms with Crippen molar-refractivity contribution in [3.8, 4) is 0 Å². The Labute approximate surface area is 134 Å². The lowest BCUT2D eigenvalue weighted by Gasteiger charge is -2.17. The molecule has 0 radical (unpaired) electrons. The quantitative estimate of drug-likeness (QED) is 0.863. The van der Waals surface area contributed by atoms with E-state index in [1.54, 1.807) is 48.0 Å². The molecule has 0 aromatic heterocycles. The van der Waals surface area contributed by atoms with E-state index in [1.165, 1.54) is 4.90 Å². The molecule has 0 saturated carbocycles. The van der Waals surface area contributed by atoms with Crippen molar-refractivity contribution in [1.82, 2.24) is 4.90 Å². The lowest BCUT2D eigenvalue weighted by atomic mass is 10.1. The van der Waals surface area contributed by atoms with E-state index in [0.717, 1.165) is 5.56 Å². The third-order valence-corrected chi connectivity index (χ3v) is 4.09. The molecule has 0 heterocycles. The van der Waals surface area contributed by atoms with Gasteiger partial charge in [-0.15, -0.1) is 11.8 Å². The van der Waals surface area contributed by atoms with E-state index < -0.39 is 5.91 Å². The Kier molecular flexibility index (Phi) is 5.22. The van der Waals surface area contributed by atoms with Crippen molar-refractivity contribution < 1.29 is 9.59 Å². The van der Waals surface area contributed by atoms with Gasteiger partial charge in [0.05, 0.1) is 0 Å². The highest BCUT2D eigenvalue weighted by Crippen LogP contribution is 2.16. The topological polar surface area (TPSA) is 63.4 Å². The Hall–Kier alpha value is -2.27. The fourth-order valence-corrected chi connectivity index (χ4v) is 2.48. The van der Waals surface area contributed by atoms with E-state index in [-0.39, 0.29) is 5.91 Å². The summed E-state index contributed by atoms with van der Waals surface area (Å²) >= 11 is 1.68. The molecule has 0 spiro atoms. The van der Waals surface area contributed by atoms with Gasteiger partial charge >= 0.3 is 0 Å². The van der Waals surface area contributed by atoms with Crippen molar-refractivity contribution in [2.24, 2.45) is 5.73 Å². The maximum absolute atomic E-state index is 12.4. The number of nitrogens with two attached hydrogens (primary N) is 1. The second-order valence-corrected chi connectivity index (χ2v) is 5.83. The monoisotopic (exact) mass is 314 g/mol. The molecule has 0 atom stereocenters. The number of thioether (sulfide) groups is 1. The highest BCUT2D eigenvalue weighted by Gasteiger charge is 2.12. The highest BCUT2D eigenvalue weighted by atomic mass is 32.2. The Morgan fingerprint density at radius 1 is 1.00 bits per heavy atom. The second kappa shape index (κ2) is 7.13. The van der Waals surface area contributed by atoms with Gasteiger partial charge in [-0.25, -0.2) is 0 Å². The molecule has 2 aromatic carbocycles. The molecule has 0 aliphatic carbocycles. The van der Waals surface area contributed by atoms with Crippen LogP contribution >= 0.6 is 11.8 Å². The minimum Gasteiger partial charge on any atom is -0.366 e. The summed E-state index contributed by atoms with van der Waals surface area (Å²) in [5, 5.41) is 0. The number of rotatable bonds is 5. The van der Waals surface area contributed by atoms with Gasteiger partial charge in [0.25, 0.3) is 5.91 Å². The first-order valence-corrected chi connectivity index (χ1v) is 8.02. The Morgan fingerprint density at radius 3 is 2.05 bits per heavy atom. The predicted octanol–water partition coefficient (Wildman–Crippen LogP) is 2.78. The fraction of sp³-hybridized carbons (Fsp3) is 0.176. The summed E-state index contributed by atoms with van der Waals surface area (Å²) < 4.78 is 0. The average molecular weight is 314 g/mol. The summed E-state index contributed by atoms with van der Waals surface area (Å²) in [6.45, 7) is 0.533. The van der Waals surface area contributed by atoms with E-state index in [0.29, 0.717) is 17.7 Å². The van der Waals surface area contributed by atoms with E-state index >= 15 is 0 Å². The molecular formula is C17H18N2O2S. The summed E-state index contributed by atoms with van der Waals surface area (Å²) in [5.74, 6) is -0.591. The van der Waals surface area contributed by atoms with E-state index in [1.807, 2.05) is 30.5 Å². The molecule has 0 bridgehead atoms. The van der Waals surface area contributed by atoms with Gasteiger partial charge in [0.1, 0.15) is 0 Å². The van der Waals surface area contributed by atoms with Crippen molar-refractivity contribution >= 4 is 23.6 Å². The zero-order valence-electron chi connectivity index (χ0n) is 12.6. The molecule has 114 valence electrons. The van der Waals surface area contributed by atoms with E-state index in [4.69, 9.17) is 5.73 Å². The lowest BCUT2D eigenvalue weighted by molar-refractivity contribution is 0.0784. The Bertz CT molecular complexity index is 666. The summed E-state index contributed by atoms with van der Waals surface area (Å²) in [6.07, 6.45) is 2.03. The maximum atomic E-state index is 12.4. The third-order valence-electron chi connectivity index (χ3n) is 3.34. The highest BCUT2D eigenvalue weighted by molar-refractivity contribution is 7.98. The third kappa shape index (κ3) is 3.89. The zero-order chi connectivity index (χ0) is 16.1. The van der Waals surface area contributed by atoms with Crippen LogP contribution in [-0.2, 0) is 6.54 Å². The number of benzene rings is 2. The van der Waals surface area contributed by atoms with E-state index in [2.05, 4.69) is 0 Å². The van der Waals surface area contributed by atoms with Crippen molar-refractivity contribution in [2.75, 3.05) is 13.3 Å².